The van der Waals surface area contributed by atoms with Crippen LogP contribution in [0.5, 0.6) is 11.5 Å². The standard InChI is InChI=1S/C15H21ClO4/c1-4-7-19-13-10-12(16)14(20-8-5-2)9-11(13)15(17)18-6-3/h9-10H,4-8H2,1-3H3. The molecule has 1 aromatic rings. The molecule has 20 heavy (non-hydrogen) atoms. The van der Waals surface area contributed by atoms with E-state index in [0.29, 0.717) is 41.9 Å². The van der Waals surface area contributed by atoms with Crippen LogP contribution in [0, 0.1) is 0 Å². The smallest absolute Gasteiger partial charge is 0.342 e. The van der Waals surface area contributed by atoms with Crippen molar-refractivity contribution < 1.29 is 19.0 Å². The van der Waals surface area contributed by atoms with Gasteiger partial charge in [-0.2, -0.15) is 0 Å². The Hall–Kier alpha value is -1.42. The molecule has 0 fully saturated rings. The van der Waals surface area contributed by atoms with Crippen LogP contribution in [-0.4, -0.2) is 25.8 Å². The van der Waals surface area contributed by atoms with Crippen LogP contribution in [-0.2, 0) is 4.74 Å². The number of ether oxygens (including phenoxy) is 3. The molecule has 0 amide bonds. The average Bonchev–Trinajstić information content (AvgIpc) is 2.44. The fourth-order valence-corrected chi connectivity index (χ4v) is 1.77. The highest BCUT2D eigenvalue weighted by Gasteiger charge is 2.18. The van der Waals surface area contributed by atoms with Gasteiger partial charge in [0.15, 0.2) is 0 Å². The van der Waals surface area contributed by atoms with Gasteiger partial charge in [0.05, 0.1) is 24.8 Å². The lowest BCUT2D eigenvalue weighted by Crippen LogP contribution is -2.09. The third kappa shape index (κ3) is 4.60. The summed E-state index contributed by atoms with van der Waals surface area (Å²) >= 11 is 6.14. The van der Waals surface area contributed by atoms with E-state index in [1.54, 1.807) is 19.1 Å². The largest absolute Gasteiger partial charge is 0.493 e. The predicted octanol–water partition coefficient (Wildman–Crippen LogP) is 4.09. The lowest BCUT2D eigenvalue weighted by Gasteiger charge is -2.14. The van der Waals surface area contributed by atoms with Crippen molar-refractivity contribution in [3.05, 3.63) is 22.7 Å². The maximum atomic E-state index is 12.0. The van der Waals surface area contributed by atoms with Crippen molar-refractivity contribution in [1.82, 2.24) is 0 Å². The zero-order chi connectivity index (χ0) is 15.0. The molecule has 0 N–H and O–H groups in total. The molecule has 0 bridgehead atoms. The second kappa shape index (κ2) is 8.69. The fraction of sp³-hybridized carbons (Fsp3) is 0.533. The number of halogens is 1. The lowest BCUT2D eigenvalue weighted by atomic mass is 10.2. The van der Waals surface area contributed by atoms with Crippen LogP contribution in [0.25, 0.3) is 0 Å². The van der Waals surface area contributed by atoms with E-state index >= 15 is 0 Å². The molecule has 0 radical (unpaired) electrons. The Bertz CT molecular complexity index is 446. The van der Waals surface area contributed by atoms with Crippen molar-refractivity contribution in [3.63, 3.8) is 0 Å². The summed E-state index contributed by atoms with van der Waals surface area (Å²) in [5.74, 6) is 0.469. The zero-order valence-electron chi connectivity index (χ0n) is 12.2. The van der Waals surface area contributed by atoms with Crippen molar-refractivity contribution in [3.8, 4) is 11.5 Å². The molecule has 0 saturated carbocycles. The molecule has 1 rings (SSSR count). The molecule has 0 saturated heterocycles. The van der Waals surface area contributed by atoms with Crippen LogP contribution in [0.3, 0.4) is 0 Å². The first kappa shape index (κ1) is 16.6. The minimum atomic E-state index is -0.434. The molecule has 0 unspecified atom stereocenters. The molecule has 0 aliphatic heterocycles. The SMILES string of the molecule is CCCOc1cc(C(=O)OCC)c(OCCC)cc1Cl. The van der Waals surface area contributed by atoms with Crippen molar-refractivity contribution in [2.75, 3.05) is 19.8 Å². The maximum Gasteiger partial charge on any atom is 0.342 e. The summed E-state index contributed by atoms with van der Waals surface area (Å²) in [4.78, 5) is 12.0. The van der Waals surface area contributed by atoms with E-state index in [2.05, 4.69) is 0 Å². The second-order valence-electron chi connectivity index (χ2n) is 4.20. The number of hydrogen-bond acceptors (Lipinski definition) is 4. The fourth-order valence-electron chi connectivity index (χ4n) is 1.56. The maximum absolute atomic E-state index is 12.0. The van der Waals surface area contributed by atoms with Crippen molar-refractivity contribution in [2.45, 2.75) is 33.6 Å². The quantitative estimate of drug-likeness (QED) is 0.678. The van der Waals surface area contributed by atoms with Crippen LogP contribution in [0.4, 0.5) is 0 Å². The van der Waals surface area contributed by atoms with Gasteiger partial charge in [0.25, 0.3) is 0 Å². The highest BCUT2D eigenvalue weighted by Crippen LogP contribution is 2.33. The van der Waals surface area contributed by atoms with E-state index < -0.39 is 5.97 Å². The van der Waals surface area contributed by atoms with Gasteiger partial charge in [0, 0.05) is 6.07 Å². The van der Waals surface area contributed by atoms with Crippen LogP contribution in [0.1, 0.15) is 44.0 Å². The molecule has 0 heterocycles. The van der Waals surface area contributed by atoms with Crippen molar-refractivity contribution >= 4 is 17.6 Å². The normalized spacial score (nSPS) is 10.2. The Kier molecular flexibility index (Phi) is 7.23. The Morgan fingerprint density at radius 1 is 1.05 bits per heavy atom. The van der Waals surface area contributed by atoms with Crippen LogP contribution >= 0.6 is 11.6 Å². The van der Waals surface area contributed by atoms with Gasteiger partial charge in [-0.25, -0.2) is 4.79 Å². The van der Waals surface area contributed by atoms with Gasteiger partial charge in [-0.1, -0.05) is 25.4 Å². The molecule has 0 atom stereocenters. The first-order valence-corrected chi connectivity index (χ1v) is 7.28. The van der Waals surface area contributed by atoms with Crippen LogP contribution in [0.2, 0.25) is 5.02 Å². The first-order chi connectivity index (χ1) is 9.63. The summed E-state index contributed by atoms with van der Waals surface area (Å²) in [5.41, 5.74) is 0.343. The predicted molar refractivity (Wildman–Crippen MR) is 79.0 cm³/mol. The summed E-state index contributed by atoms with van der Waals surface area (Å²) in [5, 5.41) is 0.428. The van der Waals surface area contributed by atoms with Gasteiger partial charge in [-0.05, 0) is 25.8 Å². The molecule has 0 aromatic heterocycles. The topological polar surface area (TPSA) is 44.8 Å². The molecule has 0 spiro atoms. The Labute approximate surface area is 125 Å². The van der Waals surface area contributed by atoms with E-state index in [0.717, 1.165) is 12.8 Å². The highest BCUT2D eigenvalue weighted by atomic mass is 35.5. The summed E-state index contributed by atoms with van der Waals surface area (Å²) in [6.45, 7) is 7.10. The molecule has 4 nitrogen and oxygen atoms in total. The van der Waals surface area contributed by atoms with Gasteiger partial charge < -0.3 is 14.2 Å². The first-order valence-electron chi connectivity index (χ1n) is 6.90. The van der Waals surface area contributed by atoms with E-state index in [1.807, 2.05) is 13.8 Å². The third-order valence-corrected chi connectivity index (χ3v) is 2.75. The van der Waals surface area contributed by atoms with Crippen molar-refractivity contribution in [1.29, 1.82) is 0 Å². The van der Waals surface area contributed by atoms with Gasteiger partial charge in [0.2, 0.25) is 0 Å². The zero-order valence-corrected chi connectivity index (χ0v) is 13.0. The molecular formula is C15H21ClO4. The third-order valence-electron chi connectivity index (χ3n) is 2.45. The summed E-state index contributed by atoms with van der Waals surface area (Å²) in [6.07, 6.45) is 1.70. The van der Waals surface area contributed by atoms with E-state index in [9.17, 15) is 4.79 Å². The summed E-state index contributed by atoms with van der Waals surface area (Å²) < 4.78 is 16.1. The second-order valence-corrected chi connectivity index (χ2v) is 4.60. The number of benzene rings is 1. The van der Waals surface area contributed by atoms with Gasteiger partial charge in [-0.15, -0.1) is 0 Å². The molecule has 1 aromatic carbocycles. The monoisotopic (exact) mass is 300 g/mol. The number of rotatable bonds is 8. The van der Waals surface area contributed by atoms with Crippen molar-refractivity contribution in [2.24, 2.45) is 0 Å². The molecular weight excluding hydrogens is 280 g/mol. The average molecular weight is 301 g/mol. The Morgan fingerprint density at radius 3 is 2.20 bits per heavy atom. The number of hydrogen-bond donors (Lipinski definition) is 0. The number of esters is 1. The minimum absolute atomic E-state index is 0.305. The number of carbonyl (C=O) groups excluding carboxylic acids is 1. The van der Waals surface area contributed by atoms with Crippen LogP contribution in [0.15, 0.2) is 12.1 Å². The summed E-state index contributed by atoms with van der Waals surface area (Å²) in [6, 6.07) is 3.19. The van der Waals surface area contributed by atoms with E-state index in [-0.39, 0.29) is 0 Å². The molecule has 112 valence electrons. The van der Waals surface area contributed by atoms with Gasteiger partial charge in [0.1, 0.15) is 17.1 Å². The molecule has 0 aliphatic carbocycles. The molecule has 5 heteroatoms. The van der Waals surface area contributed by atoms with Crippen LogP contribution < -0.4 is 9.47 Å². The highest BCUT2D eigenvalue weighted by molar-refractivity contribution is 6.32. The lowest BCUT2D eigenvalue weighted by molar-refractivity contribution is 0.0521. The molecule has 0 aliphatic rings. The van der Waals surface area contributed by atoms with E-state index in [4.69, 9.17) is 25.8 Å². The summed E-state index contributed by atoms with van der Waals surface area (Å²) in [7, 11) is 0. The number of carbonyl (C=O) groups is 1. The van der Waals surface area contributed by atoms with Gasteiger partial charge >= 0.3 is 5.97 Å². The minimum Gasteiger partial charge on any atom is -0.493 e. The van der Waals surface area contributed by atoms with E-state index in [1.165, 1.54) is 0 Å². The van der Waals surface area contributed by atoms with Gasteiger partial charge in [-0.3, -0.25) is 0 Å². The Morgan fingerprint density at radius 2 is 1.65 bits per heavy atom. The Balaban J connectivity index is 3.08.